The van der Waals surface area contributed by atoms with Gasteiger partial charge in [-0.2, -0.15) is 0 Å². The number of aliphatic hydroxyl groups is 1. The molecule has 1 fully saturated rings. The van der Waals surface area contributed by atoms with Crippen molar-refractivity contribution in [1.29, 1.82) is 0 Å². The van der Waals surface area contributed by atoms with Crippen LogP contribution in [-0.2, 0) is 6.54 Å². The van der Waals surface area contributed by atoms with Crippen molar-refractivity contribution < 1.29 is 10.2 Å². The van der Waals surface area contributed by atoms with Crippen molar-refractivity contribution in [3.8, 4) is 5.75 Å². The molecule has 0 unspecified atom stereocenters. The summed E-state index contributed by atoms with van der Waals surface area (Å²) in [5, 5.41) is 23.2. The van der Waals surface area contributed by atoms with E-state index in [1.807, 2.05) is 19.1 Å². The molecule has 1 aromatic heterocycles. The van der Waals surface area contributed by atoms with E-state index in [-0.39, 0.29) is 11.7 Å². The molecule has 3 aromatic rings. The van der Waals surface area contributed by atoms with Gasteiger partial charge in [0.15, 0.2) is 0 Å². The van der Waals surface area contributed by atoms with E-state index < -0.39 is 6.10 Å². The van der Waals surface area contributed by atoms with Crippen molar-refractivity contribution >= 4 is 10.8 Å². The molecule has 2 heterocycles. The number of hydrogen-bond donors (Lipinski definition) is 2. The van der Waals surface area contributed by atoms with Gasteiger partial charge in [0.25, 0.3) is 0 Å². The quantitative estimate of drug-likeness (QED) is 0.759. The van der Waals surface area contributed by atoms with Crippen LogP contribution < -0.4 is 0 Å². The number of pyridine rings is 1. The van der Waals surface area contributed by atoms with Crippen molar-refractivity contribution in [2.45, 2.75) is 31.9 Å². The van der Waals surface area contributed by atoms with Crippen molar-refractivity contribution in [1.82, 2.24) is 9.88 Å². The normalized spacial score (nSPS) is 21.2. The van der Waals surface area contributed by atoms with Gasteiger partial charge in [-0.1, -0.05) is 42.5 Å². The summed E-state index contributed by atoms with van der Waals surface area (Å²) in [5.41, 5.74) is 2.78. The average molecular weight is 348 g/mol. The Labute approximate surface area is 153 Å². The fraction of sp³-hybridized carbons (Fsp3) is 0.318. The molecule has 0 radical (unpaired) electrons. The van der Waals surface area contributed by atoms with Crippen molar-refractivity contribution in [2.24, 2.45) is 0 Å². The Balaban J connectivity index is 1.48. The molecule has 1 aliphatic rings. The number of benzene rings is 2. The Morgan fingerprint density at radius 2 is 1.88 bits per heavy atom. The molecule has 0 spiro atoms. The highest BCUT2D eigenvalue weighted by Crippen LogP contribution is 2.31. The zero-order chi connectivity index (χ0) is 18.1. The fourth-order valence-corrected chi connectivity index (χ4v) is 3.90. The van der Waals surface area contributed by atoms with E-state index in [0.717, 1.165) is 18.7 Å². The molecule has 4 nitrogen and oxygen atoms in total. The number of aromatic nitrogens is 1. The maximum atomic E-state index is 10.7. The molecular formula is C22H24N2O2. The highest BCUT2D eigenvalue weighted by molar-refractivity contribution is 5.83. The van der Waals surface area contributed by atoms with Crippen LogP contribution >= 0.6 is 0 Å². The Morgan fingerprint density at radius 3 is 2.69 bits per heavy atom. The number of likely N-dealkylation sites (tertiary alicyclic amines) is 1. The highest BCUT2D eigenvalue weighted by Gasteiger charge is 2.29. The summed E-state index contributed by atoms with van der Waals surface area (Å²) >= 11 is 0. The Bertz CT molecular complexity index is 925. The van der Waals surface area contributed by atoms with Gasteiger partial charge in [0.05, 0.1) is 11.8 Å². The van der Waals surface area contributed by atoms with Crippen LogP contribution in [0.25, 0.3) is 10.8 Å². The van der Waals surface area contributed by atoms with Gasteiger partial charge in [-0.15, -0.1) is 0 Å². The van der Waals surface area contributed by atoms with E-state index in [9.17, 15) is 10.2 Å². The number of aromatic hydroxyl groups is 1. The summed E-state index contributed by atoms with van der Waals surface area (Å²) in [4.78, 5) is 6.60. The van der Waals surface area contributed by atoms with E-state index >= 15 is 0 Å². The third kappa shape index (κ3) is 3.43. The lowest BCUT2D eigenvalue weighted by molar-refractivity contribution is 0.0468. The van der Waals surface area contributed by atoms with Gasteiger partial charge in [-0.3, -0.25) is 9.88 Å². The molecule has 0 saturated carbocycles. The third-order valence-corrected chi connectivity index (χ3v) is 5.33. The molecule has 0 aliphatic carbocycles. The zero-order valence-electron chi connectivity index (χ0n) is 15.0. The smallest absolute Gasteiger partial charge is 0.138 e. The van der Waals surface area contributed by atoms with Gasteiger partial charge >= 0.3 is 0 Å². The fourth-order valence-electron chi connectivity index (χ4n) is 3.90. The van der Waals surface area contributed by atoms with E-state index in [1.54, 1.807) is 12.1 Å². The first-order valence-corrected chi connectivity index (χ1v) is 9.15. The average Bonchev–Trinajstić information content (AvgIpc) is 2.64. The van der Waals surface area contributed by atoms with Crippen LogP contribution in [0.3, 0.4) is 0 Å². The molecule has 1 aliphatic heterocycles. The van der Waals surface area contributed by atoms with E-state index in [4.69, 9.17) is 0 Å². The van der Waals surface area contributed by atoms with Crippen LogP contribution in [0.1, 0.15) is 29.3 Å². The number of rotatable bonds is 3. The maximum Gasteiger partial charge on any atom is 0.138 e. The van der Waals surface area contributed by atoms with Crippen molar-refractivity contribution in [3.63, 3.8) is 0 Å². The molecule has 134 valence electrons. The number of aliphatic hydroxyl groups excluding tert-OH is 1. The van der Waals surface area contributed by atoms with Crippen LogP contribution in [0.15, 0.2) is 54.6 Å². The van der Waals surface area contributed by atoms with Crippen LogP contribution in [-0.4, -0.2) is 39.3 Å². The molecule has 2 atom stereocenters. The number of fused-ring (bicyclic) bond motifs is 1. The summed E-state index contributed by atoms with van der Waals surface area (Å²) in [6.45, 7) is 3.95. The number of β-amino-alcohol motifs (C(OH)–C–C–N with tert-alkyl or cyclic N) is 1. The Hall–Kier alpha value is -2.43. The lowest BCUT2D eigenvalue weighted by atomic mass is 9.86. The molecule has 2 aromatic carbocycles. The first-order chi connectivity index (χ1) is 12.6. The number of piperidine rings is 1. The molecule has 0 amide bonds. The Kier molecular flexibility index (Phi) is 4.62. The second-order valence-electron chi connectivity index (χ2n) is 7.22. The van der Waals surface area contributed by atoms with Gasteiger partial charge in [-0.05, 0) is 48.4 Å². The zero-order valence-corrected chi connectivity index (χ0v) is 15.0. The lowest BCUT2D eigenvalue weighted by Gasteiger charge is -2.36. The van der Waals surface area contributed by atoms with Gasteiger partial charge < -0.3 is 10.2 Å². The number of hydrogen-bond acceptors (Lipinski definition) is 4. The van der Waals surface area contributed by atoms with Crippen LogP contribution in [0, 0.1) is 6.92 Å². The largest absolute Gasteiger partial charge is 0.506 e. The molecular weight excluding hydrogens is 324 g/mol. The first-order valence-electron chi connectivity index (χ1n) is 9.15. The van der Waals surface area contributed by atoms with Crippen LogP contribution in [0.5, 0.6) is 5.75 Å². The molecule has 4 heteroatoms. The summed E-state index contributed by atoms with van der Waals surface area (Å²) in [6, 6.07) is 18.3. The monoisotopic (exact) mass is 348 g/mol. The van der Waals surface area contributed by atoms with E-state index in [2.05, 4.69) is 40.2 Å². The standard InChI is InChI=1S/C22H24N2O2/c1-15-6-9-21(25)20(23-15)13-24-11-10-19(22(26)14-24)18-8-7-16-4-2-3-5-17(16)12-18/h2-9,12,19,22,25-26H,10-11,13-14H2,1H3/t19-,22+/m0/s1. The number of nitrogens with zero attached hydrogens (tertiary/aromatic N) is 2. The van der Waals surface area contributed by atoms with Gasteiger partial charge in [-0.25, -0.2) is 0 Å². The molecule has 1 saturated heterocycles. The highest BCUT2D eigenvalue weighted by atomic mass is 16.3. The Morgan fingerprint density at radius 1 is 1.08 bits per heavy atom. The molecule has 2 N–H and O–H groups in total. The van der Waals surface area contributed by atoms with Crippen molar-refractivity contribution in [2.75, 3.05) is 13.1 Å². The minimum Gasteiger partial charge on any atom is -0.506 e. The predicted molar refractivity (Wildman–Crippen MR) is 103 cm³/mol. The topological polar surface area (TPSA) is 56.6 Å². The van der Waals surface area contributed by atoms with Crippen molar-refractivity contribution in [3.05, 3.63) is 71.5 Å². The second kappa shape index (κ2) is 7.06. The SMILES string of the molecule is Cc1ccc(O)c(CN2CC[C@@H](c3ccc4ccccc4c3)[C@H](O)C2)n1. The van der Waals surface area contributed by atoms with Gasteiger partial charge in [0.1, 0.15) is 5.75 Å². The van der Waals surface area contributed by atoms with Gasteiger partial charge in [0.2, 0.25) is 0 Å². The maximum absolute atomic E-state index is 10.7. The molecule has 26 heavy (non-hydrogen) atoms. The molecule has 0 bridgehead atoms. The summed E-state index contributed by atoms with van der Waals surface area (Å²) in [5.74, 6) is 0.372. The summed E-state index contributed by atoms with van der Waals surface area (Å²) in [6.07, 6.45) is 0.475. The molecule has 4 rings (SSSR count). The van der Waals surface area contributed by atoms with Crippen LogP contribution in [0.4, 0.5) is 0 Å². The first kappa shape index (κ1) is 17.0. The van der Waals surface area contributed by atoms with E-state index in [0.29, 0.717) is 18.8 Å². The minimum atomic E-state index is -0.420. The van der Waals surface area contributed by atoms with E-state index in [1.165, 1.54) is 16.3 Å². The van der Waals surface area contributed by atoms with Crippen LogP contribution in [0.2, 0.25) is 0 Å². The second-order valence-corrected chi connectivity index (χ2v) is 7.22. The van der Waals surface area contributed by atoms with Gasteiger partial charge in [0, 0.05) is 24.7 Å². The lowest BCUT2D eigenvalue weighted by Crippen LogP contribution is -2.42. The minimum absolute atomic E-state index is 0.148. The predicted octanol–water partition coefficient (Wildman–Crippen LogP) is 3.60. The number of aryl methyl sites for hydroxylation is 1. The third-order valence-electron chi connectivity index (χ3n) is 5.33. The summed E-state index contributed by atoms with van der Waals surface area (Å²) < 4.78 is 0. The summed E-state index contributed by atoms with van der Waals surface area (Å²) in [7, 11) is 0.